The molecule has 0 atom stereocenters. The lowest BCUT2D eigenvalue weighted by molar-refractivity contribution is -0.127. The zero-order chi connectivity index (χ0) is 18.0. The van der Waals surface area contributed by atoms with Crippen molar-refractivity contribution in [1.29, 1.82) is 0 Å². The van der Waals surface area contributed by atoms with Crippen LogP contribution in [0.15, 0.2) is 32.6 Å². The summed E-state index contributed by atoms with van der Waals surface area (Å²) in [5.74, 6) is 1.33. The van der Waals surface area contributed by atoms with Crippen molar-refractivity contribution in [2.45, 2.75) is 38.4 Å². The van der Waals surface area contributed by atoms with Crippen LogP contribution in [0.2, 0.25) is 0 Å². The summed E-state index contributed by atoms with van der Waals surface area (Å²) in [6, 6.07) is 5.60. The molecule has 0 spiro atoms. The van der Waals surface area contributed by atoms with Gasteiger partial charge in [0.15, 0.2) is 5.16 Å². The molecule has 0 N–H and O–H groups in total. The summed E-state index contributed by atoms with van der Waals surface area (Å²) in [5, 5.41) is 1.37. The largest absolute Gasteiger partial charge is 0.342 e. The van der Waals surface area contributed by atoms with Gasteiger partial charge in [-0.1, -0.05) is 41.5 Å². The molecule has 1 amide bonds. The van der Waals surface area contributed by atoms with Crippen molar-refractivity contribution in [1.82, 2.24) is 14.5 Å². The van der Waals surface area contributed by atoms with E-state index in [0.29, 0.717) is 36.3 Å². The summed E-state index contributed by atoms with van der Waals surface area (Å²) in [7, 11) is 0. The van der Waals surface area contributed by atoms with Crippen molar-refractivity contribution in [2.24, 2.45) is 5.92 Å². The van der Waals surface area contributed by atoms with E-state index < -0.39 is 0 Å². The number of thioether (sulfide) groups is 1. The Kier molecular flexibility index (Phi) is 5.84. The van der Waals surface area contributed by atoms with Crippen molar-refractivity contribution in [2.75, 3.05) is 18.8 Å². The number of hydrogen-bond donors (Lipinski definition) is 0. The molecule has 1 aliphatic heterocycles. The Hall–Kier alpha value is -1.34. The van der Waals surface area contributed by atoms with Crippen LogP contribution < -0.4 is 5.56 Å². The lowest BCUT2D eigenvalue weighted by Gasteiger charge is -2.17. The van der Waals surface area contributed by atoms with Crippen LogP contribution in [0.1, 0.15) is 26.7 Å². The van der Waals surface area contributed by atoms with Crippen molar-refractivity contribution in [3.05, 3.63) is 33.0 Å². The Bertz CT molecular complexity index is 850. The van der Waals surface area contributed by atoms with E-state index >= 15 is 0 Å². The third-order valence-corrected chi connectivity index (χ3v) is 5.64. The summed E-state index contributed by atoms with van der Waals surface area (Å²) in [6.45, 7) is 6.37. The van der Waals surface area contributed by atoms with Gasteiger partial charge in [0.2, 0.25) is 5.91 Å². The first-order chi connectivity index (χ1) is 12.0. The summed E-state index contributed by atoms with van der Waals surface area (Å²) in [6.07, 6.45) is 1.61. The number of nitrogens with zero attached hydrogens (tertiary/aromatic N) is 3. The Balaban J connectivity index is 1.88. The van der Waals surface area contributed by atoms with Gasteiger partial charge in [-0.15, -0.1) is 0 Å². The van der Waals surface area contributed by atoms with Crippen LogP contribution >= 0.6 is 27.7 Å². The highest BCUT2D eigenvalue weighted by Gasteiger charge is 2.20. The Morgan fingerprint density at radius 2 is 2.12 bits per heavy atom. The predicted molar refractivity (Wildman–Crippen MR) is 105 cm³/mol. The van der Waals surface area contributed by atoms with Gasteiger partial charge in [-0.25, -0.2) is 4.98 Å². The monoisotopic (exact) mass is 423 g/mol. The number of amides is 1. The van der Waals surface area contributed by atoms with E-state index in [0.717, 1.165) is 28.3 Å². The first kappa shape index (κ1) is 18.5. The van der Waals surface area contributed by atoms with Gasteiger partial charge < -0.3 is 4.90 Å². The molecule has 1 fully saturated rings. The number of rotatable bonds is 6. The number of likely N-dealkylation sites (tertiary alicyclic amines) is 1. The van der Waals surface area contributed by atoms with E-state index in [-0.39, 0.29) is 11.5 Å². The molecule has 1 aliphatic rings. The first-order valence-corrected chi connectivity index (χ1v) is 10.3. The van der Waals surface area contributed by atoms with Gasteiger partial charge in [0, 0.05) is 36.3 Å². The highest BCUT2D eigenvalue weighted by atomic mass is 79.9. The maximum Gasteiger partial charge on any atom is 0.262 e. The highest BCUT2D eigenvalue weighted by Crippen LogP contribution is 2.22. The molecule has 5 nitrogen and oxygen atoms in total. The fourth-order valence-corrected chi connectivity index (χ4v) is 4.33. The number of aromatic nitrogens is 2. The van der Waals surface area contributed by atoms with Gasteiger partial charge in [-0.2, -0.15) is 0 Å². The highest BCUT2D eigenvalue weighted by molar-refractivity contribution is 9.10. The topological polar surface area (TPSA) is 55.2 Å². The van der Waals surface area contributed by atoms with E-state index in [2.05, 4.69) is 29.8 Å². The smallest absolute Gasteiger partial charge is 0.262 e. The zero-order valence-electron chi connectivity index (χ0n) is 14.5. The van der Waals surface area contributed by atoms with Gasteiger partial charge in [0.1, 0.15) is 0 Å². The van der Waals surface area contributed by atoms with Gasteiger partial charge in [0.05, 0.1) is 10.9 Å². The molecule has 1 aromatic heterocycles. The maximum atomic E-state index is 12.9. The number of fused-ring (bicyclic) bond motifs is 1. The fourth-order valence-electron chi connectivity index (χ4n) is 3.00. The third-order valence-electron chi connectivity index (χ3n) is 4.19. The molecular weight excluding hydrogens is 402 g/mol. The number of halogens is 1. The molecule has 25 heavy (non-hydrogen) atoms. The molecule has 0 unspecified atom stereocenters. The van der Waals surface area contributed by atoms with E-state index in [4.69, 9.17) is 4.98 Å². The van der Waals surface area contributed by atoms with E-state index in [1.165, 1.54) is 0 Å². The second-order valence-electron chi connectivity index (χ2n) is 6.70. The molecule has 3 rings (SSSR count). The molecule has 0 aliphatic carbocycles. The zero-order valence-corrected chi connectivity index (χ0v) is 16.9. The molecule has 1 saturated heterocycles. The summed E-state index contributed by atoms with van der Waals surface area (Å²) >= 11 is 4.98. The fraction of sp³-hybridized carbons (Fsp3) is 0.500. The Morgan fingerprint density at radius 1 is 1.32 bits per heavy atom. The van der Waals surface area contributed by atoms with Crippen molar-refractivity contribution in [3.63, 3.8) is 0 Å². The Morgan fingerprint density at radius 3 is 2.80 bits per heavy atom. The molecule has 134 valence electrons. The summed E-state index contributed by atoms with van der Waals surface area (Å²) < 4.78 is 2.65. The maximum absolute atomic E-state index is 12.9. The van der Waals surface area contributed by atoms with E-state index in [1.807, 2.05) is 23.1 Å². The molecule has 0 saturated carbocycles. The molecule has 2 heterocycles. The van der Waals surface area contributed by atoms with Gasteiger partial charge in [0.25, 0.3) is 5.56 Å². The second-order valence-corrected chi connectivity index (χ2v) is 8.68. The van der Waals surface area contributed by atoms with Gasteiger partial charge in [-0.3, -0.25) is 14.2 Å². The van der Waals surface area contributed by atoms with Crippen molar-refractivity contribution in [3.8, 4) is 0 Å². The van der Waals surface area contributed by atoms with Crippen LogP contribution in [0.4, 0.5) is 0 Å². The summed E-state index contributed by atoms with van der Waals surface area (Å²) in [4.78, 5) is 31.3. The minimum atomic E-state index is -0.000233. The number of carbonyl (C=O) groups excluding carboxylic acids is 1. The minimum Gasteiger partial charge on any atom is -0.342 e. The Labute approximate surface area is 159 Å². The molecule has 0 radical (unpaired) electrons. The number of hydrogen-bond acceptors (Lipinski definition) is 4. The van der Waals surface area contributed by atoms with E-state index in [1.54, 1.807) is 16.3 Å². The quantitative estimate of drug-likeness (QED) is 0.526. The molecule has 1 aromatic carbocycles. The lowest BCUT2D eigenvalue weighted by Crippen LogP contribution is -2.28. The van der Waals surface area contributed by atoms with Crippen molar-refractivity contribution >= 4 is 44.5 Å². The molecule has 2 aromatic rings. The average molecular weight is 424 g/mol. The van der Waals surface area contributed by atoms with Crippen LogP contribution in [0.3, 0.4) is 0 Å². The van der Waals surface area contributed by atoms with Gasteiger partial charge in [-0.05, 0) is 30.5 Å². The van der Waals surface area contributed by atoms with Crippen molar-refractivity contribution < 1.29 is 4.79 Å². The second kappa shape index (κ2) is 7.91. The minimum absolute atomic E-state index is 0.000233. The lowest BCUT2D eigenvalue weighted by atomic mass is 10.2. The summed E-state index contributed by atoms with van der Waals surface area (Å²) in [5.41, 5.74) is 0.715. The standard InChI is InChI=1S/C18H22BrN3O2S/c1-12(2)11-22-17(24)14-10-13(19)5-6-15(14)20-18(22)25-9-8-21-7-3-4-16(21)23/h5-6,10,12H,3-4,7-9,11H2,1-2H3. The predicted octanol–water partition coefficient (Wildman–Crippen LogP) is 3.53. The third kappa shape index (κ3) is 4.26. The van der Waals surface area contributed by atoms with Crippen LogP contribution in [-0.4, -0.2) is 39.2 Å². The number of benzene rings is 1. The first-order valence-electron chi connectivity index (χ1n) is 8.56. The number of carbonyl (C=O) groups is 1. The van der Waals surface area contributed by atoms with Crippen LogP contribution in [-0.2, 0) is 11.3 Å². The normalized spacial score (nSPS) is 14.9. The van der Waals surface area contributed by atoms with Crippen LogP contribution in [0.25, 0.3) is 10.9 Å². The van der Waals surface area contributed by atoms with Gasteiger partial charge >= 0.3 is 0 Å². The van der Waals surface area contributed by atoms with E-state index in [9.17, 15) is 9.59 Å². The average Bonchev–Trinajstić information content (AvgIpc) is 2.96. The molecule has 0 bridgehead atoms. The molecule has 7 heteroatoms. The molecular formula is C18H22BrN3O2S. The van der Waals surface area contributed by atoms with Crippen LogP contribution in [0, 0.1) is 5.92 Å². The SMILES string of the molecule is CC(C)Cn1c(SCCN2CCCC2=O)nc2ccc(Br)cc2c1=O. The van der Waals surface area contributed by atoms with Crippen LogP contribution in [0.5, 0.6) is 0 Å².